The molecule has 0 aliphatic rings. The minimum absolute atomic E-state index is 0.0899. The monoisotopic (exact) mass is 475 g/mol. The zero-order valence-corrected chi connectivity index (χ0v) is 18.2. The van der Waals surface area contributed by atoms with Crippen LogP contribution in [0, 0.1) is 11.3 Å². The highest BCUT2D eigenvalue weighted by Gasteiger charge is 2.32. The molecule has 0 bridgehead atoms. The Kier molecular flexibility index (Phi) is 10.6. The molecule has 0 amide bonds. The first-order valence-electron chi connectivity index (χ1n) is 8.68. The van der Waals surface area contributed by atoms with E-state index in [0.29, 0.717) is 4.31 Å². The number of aromatic nitrogens is 1. The van der Waals surface area contributed by atoms with Gasteiger partial charge in [0.2, 0.25) is 0 Å². The predicted molar refractivity (Wildman–Crippen MR) is 112 cm³/mol. The Balaban J connectivity index is 3.13. The highest BCUT2D eigenvalue weighted by atomic mass is 35.5. The van der Waals surface area contributed by atoms with Gasteiger partial charge in [0.15, 0.2) is 0 Å². The molecule has 0 fully saturated rings. The standard InChI is InChI=1S/C18H23Cl2F4N3OS/c1-3-27(29(22,23)24)11-13(4-5-14(12(2)28)9-17(19)25)8-16(21)15-6-7-26-18(20)10-15/h4-7,9-10,12-13,16,25,28H,3,8,11H2,1-2H3/b5-4-,14-9+,25-17?. The van der Waals surface area contributed by atoms with Crippen molar-refractivity contribution in [2.45, 2.75) is 32.5 Å². The van der Waals surface area contributed by atoms with Gasteiger partial charge in [0.25, 0.3) is 11.4 Å². The van der Waals surface area contributed by atoms with E-state index in [1.165, 1.54) is 50.4 Å². The van der Waals surface area contributed by atoms with Crippen molar-refractivity contribution in [1.29, 1.82) is 5.41 Å². The van der Waals surface area contributed by atoms with Crippen LogP contribution < -0.4 is 0 Å². The van der Waals surface area contributed by atoms with Crippen molar-refractivity contribution in [2.75, 3.05) is 13.1 Å². The second-order valence-corrected chi connectivity index (χ2v) is 8.34. The third-order valence-electron chi connectivity index (χ3n) is 4.04. The minimum Gasteiger partial charge on any atom is -0.389 e. The van der Waals surface area contributed by atoms with Crippen molar-refractivity contribution in [3.05, 3.63) is 52.8 Å². The molecule has 0 aromatic carbocycles. The van der Waals surface area contributed by atoms with E-state index in [2.05, 4.69) is 4.98 Å². The van der Waals surface area contributed by atoms with Gasteiger partial charge in [-0.25, -0.2) is 9.37 Å². The maximum absolute atomic E-state index is 14.8. The normalized spacial score (nSPS) is 16.8. The Hall–Kier alpha value is -1.13. The van der Waals surface area contributed by atoms with Crippen molar-refractivity contribution in [2.24, 2.45) is 5.92 Å². The third kappa shape index (κ3) is 9.48. The smallest absolute Gasteiger partial charge is 0.278 e. The van der Waals surface area contributed by atoms with E-state index in [9.17, 15) is 21.2 Å². The van der Waals surface area contributed by atoms with Crippen LogP contribution in [0.2, 0.25) is 5.15 Å². The lowest BCUT2D eigenvalue weighted by atomic mass is 9.96. The number of rotatable bonds is 11. The molecule has 2 N–H and O–H groups in total. The number of halogens is 6. The minimum atomic E-state index is -5.46. The third-order valence-corrected chi connectivity index (χ3v) is 5.35. The van der Waals surface area contributed by atoms with E-state index in [4.69, 9.17) is 28.6 Å². The molecular formula is C18H23Cl2F4N3OS. The number of pyridine rings is 1. The summed E-state index contributed by atoms with van der Waals surface area (Å²) in [5, 5.41) is 16.8. The molecule has 3 atom stereocenters. The quantitative estimate of drug-likeness (QED) is 0.165. The molecule has 4 nitrogen and oxygen atoms in total. The topological polar surface area (TPSA) is 60.2 Å². The number of aliphatic hydroxyl groups excluding tert-OH is 1. The number of hydrogen-bond acceptors (Lipinski definition) is 4. The molecule has 0 aliphatic heterocycles. The number of nitrogens with zero attached hydrogens (tertiary/aromatic N) is 2. The maximum atomic E-state index is 14.8. The van der Waals surface area contributed by atoms with Gasteiger partial charge in [-0.15, -0.1) is 11.7 Å². The summed E-state index contributed by atoms with van der Waals surface area (Å²) in [4.78, 5) is 3.77. The van der Waals surface area contributed by atoms with E-state index >= 15 is 0 Å². The lowest BCUT2D eigenvalue weighted by Crippen LogP contribution is -2.27. The fraction of sp³-hybridized carbons (Fsp3) is 0.444. The predicted octanol–water partition coefficient (Wildman–Crippen LogP) is 6.53. The Labute approximate surface area is 180 Å². The van der Waals surface area contributed by atoms with Gasteiger partial charge < -0.3 is 5.11 Å². The summed E-state index contributed by atoms with van der Waals surface area (Å²) < 4.78 is 54.9. The summed E-state index contributed by atoms with van der Waals surface area (Å²) in [6.07, 6.45) is 2.50. The number of nitrogens with one attached hydrogen (secondary N) is 1. The molecular weight excluding hydrogens is 453 g/mol. The van der Waals surface area contributed by atoms with Crippen molar-refractivity contribution in [1.82, 2.24) is 9.29 Å². The van der Waals surface area contributed by atoms with Gasteiger partial charge in [0, 0.05) is 19.3 Å². The summed E-state index contributed by atoms with van der Waals surface area (Å²) in [5.74, 6) is -0.822. The average molecular weight is 476 g/mol. The molecule has 1 rings (SSSR count). The van der Waals surface area contributed by atoms with Crippen LogP contribution >= 0.6 is 34.6 Å². The Morgan fingerprint density at radius 1 is 1.41 bits per heavy atom. The van der Waals surface area contributed by atoms with Gasteiger partial charge in [-0.1, -0.05) is 42.3 Å². The number of alkyl halides is 1. The largest absolute Gasteiger partial charge is 0.389 e. The van der Waals surface area contributed by atoms with Gasteiger partial charge in [0.1, 0.15) is 16.5 Å². The highest BCUT2D eigenvalue weighted by molar-refractivity contribution is 8.18. The van der Waals surface area contributed by atoms with Gasteiger partial charge in [0.05, 0.1) is 6.10 Å². The number of aliphatic hydroxyl groups is 1. The Bertz CT molecular complexity index is 744. The van der Waals surface area contributed by atoms with Crippen LogP contribution in [0.4, 0.5) is 16.0 Å². The van der Waals surface area contributed by atoms with E-state index in [0.717, 1.165) is 0 Å². The summed E-state index contributed by atoms with van der Waals surface area (Å²) >= 11 is 5.81. The molecule has 0 spiro atoms. The van der Waals surface area contributed by atoms with Crippen LogP contribution in [-0.2, 0) is 0 Å². The van der Waals surface area contributed by atoms with Crippen LogP contribution in [0.5, 0.6) is 0 Å². The first kappa shape index (κ1) is 25.9. The zero-order valence-electron chi connectivity index (χ0n) is 15.8. The zero-order chi connectivity index (χ0) is 22.2. The fourth-order valence-electron chi connectivity index (χ4n) is 2.55. The SMILES string of the molecule is CCN(CC(/C=C\C(=C/C(=N)Cl)C(C)O)CC(F)c1ccnc(Cl)c1)S(F)(F)F. The summed E-state index contributed by atoms with van der Waals surface area (Å²) in [6, 6.07) is 2.75. The maximum Gasteiger partial charge on any atom is 0.278 e. The van der Waals surface area contributed by atoms with Crippen molar-refractivity contribution in [3.8, 4) is 0 Å². The van der Waals surface area contributed by atoms with Gasteiger partial charge in [-0.3, -0.25) is 5.41 Å². The second kappa shape index (κ2) is 11.9. The van der Waals surface area contributed by atoms with Crippen LogP contribution in [0.3, 0.4) is 0 Å². The lowest BCUT2D eigenvalue weighted by molar-refractivity contribution is 0.235. The van der Waals surface area contributed by atoms with Crippen molar-refractivity contribution >= 4 is 39.7 Å². The van der Waals surface area contributed by atoms with Crippen LogP contribution in [0.15, 0.2) is 42.1 Å². The molecule has 0 aliphatic carbocycles. The van der Waals surface area contributed by atoms with Crippen molar-refractivity contribution < 1.29 is 21.2 Å². The molecule has 164 valence electrons. The Morgan fingerprint density at radius 2 is 2.07 bits per heavy atom. The summed E-state index contributed by atoms with van der Waals surface area (Å²) in [5.41, 5.74) is 0.458. The molecule has 0 radical (unpaired) electrons. The second-order valence-electron chi connectivity index (χ2n) is 6.27. The lowest BCUT2D eigenvalue weighted by Gasteiger charge is -2.29. The number of hydrogen-bond donors (Lipinski definition) is 2. The van der Waals surface area contributed by atoms with E-state index in [-0.39, 0.29) is 34.4 Å². The molecule has 11 heteroatoms. The van der Waals surface area contributed by atoms with Crippen LogP contribution in [-0.4, -0.2) is 38.8 Å². The fourth-order valence-corrected chi connectivity index (χ4v) is 3.51. The van der Waals surface area contributed by atoms with E-state index in [1.54, 1.807) is 0 Å². The summed E-state index contributed by atoms with van der Waals surface area (Å²) in [6.45, 7) is 2.12. The first-order chi connectivity index (χ1) is 13.4. The molecule has 1 aromatic heterocycles. The molecule has 0 saturated heterocycles. The van der Waals surface area contributed by atoms with Gasteiger partial charge in [-0.05, 0) is 48.6 Å². The number of allylic oxidation sites excluding steroid dienone is 1. The highest BCUT2D eigenvalue weighted by Crippen LogP contribution is 2.56. The Morgan fingerprint density at radius 3 is 2.55 bits per heavy atom. The van der Waals surface area contributed by atoms with Gasteiger partial charge >= 0.3 is 0 Å². The molecule has 29 heavy (non-hydrogen) atoms. The van der Waals surface area contributed by atoms with Crippen LogP contribution in [0.1, 0.15) is 32.0 Å². The molecule has 0 saturated carbocycles. The van der Waals surface area contributed by atoms with Crippen LogP contribution in [0.25, 0.3) is 0 Å². The van der Waals surface area contributed by atoms with Gasteiger partial charge in [-0.2, -0.15) is 4.31 Å². The van der Waals surface area contributed by atoms with Crippen molar-refractivity contribution in [3.63, 3.8) is 0 Å². The first-order valence-corrected chi connectivity index (χ1v) is 10.7. The van der Waals surface area contributed by atoms with E-state index in [1.807, 2.05) is 0 Å². The summed E-state index contributed by atoms with van der Waals surface area (Å²) in [7, 11) is 0. The average Bonchev–Trinajstić information content (AvgIpc) is 2.60. The molecule has 3 unspecified atom stereocenters. The van der Waals surface area contributed by atoms with E-state index < -0.39 is 36.1 Å². The molecule has 1 heterocycles. The molecule has 1 aromatic rings.